The minimum Gasteiger partial charge on any atom is -0.395 e. The highest BCUT2D eigenvalue weighted by molar-refractivity contribution is 6.30. The van der Waals surface area contributed by atoms with Crippen molar-refractivity contribution >= 4 is 17.6 Å². The van der Waals surface area contributed by atoms with Crippen molar-refractivity contribution in [2.75, 3.05) is 13.2 Å². The zero-order valence-electron chi connectivity index (χ0n) is 10.5. The highest BCUT2D eigenvalue weighted by Crippen LogP contribution is 2.18. The lowest BCUT2D eigenvalue weighted by Crippen LogP contribution is -2.36. The molecule has 0 spiro atoms. The first-order chi connectivity index (χ1) is 9.69. The lowest BCUT2D eigenvalue weighted by atomic mass is 10.2. The second-order valence-electron chi connectivity index (χ2n) is 3.85. The van der Waals surface area contributed by atoms with Crippen molar-refractivity contribution in [2.45, 2.75) is 6.54 Å². The number of hydrogen-bond acceptors (Lipinski definition) is 5. The summed E-state index contributed by atoms with van der Waals surface area (Å²) in [7, 11) is 0. The monoisotopic (exact) mass is 296 g/mol. The molecular formula is C12H13ClN4O3. The number of halogens is 1. The summed E-state index contributed by atoms with van der Waals surface area (Å²) in [5, 5.41) is 18.0. The molecule has 0 atom stereocenters. The maximum Gasteiger partial charge on any atom is 0.315 e. The van der Waals surface area contributed by atoms with Crippen LogP contribution in [-0.2, 0) is 6.54 Å². The highest BCUT2D eigenvalue weighted by atomic mass is 35.5. The number of aliphatic hydroxyl groups is 1. The number of carbonyl (C=O) groups is 1. The van der Waals surface area contributed by atoms with Crippen LogP contribution in [0.25, 0.3) is 11.4 Å². The van der Waals surface area contributed by atoms with Gasteiger partial charge in [0.25, 0.3) is 0 Å². The van der Waals surface area contributed by atoms with E-state index in [2.05, 4.69) is 20.8 Å². The van der Waals surface area contributed by atoms with Gasteiger partial charge in [-0.1, -0.05) is 16.8 Å². The van der Waals surface area contributed by atoms with Crippen LogP contribution in [-0.4, -0.2) is 34.4 Å². The normalized spacial score (nSPS) is 10.3. The standard InChI is InChI=1S/C12H13ClN4O3/c13-9-3-1-8(2-4-9)11-16-10(20-17-11)7-15-12(19)14-5-6-18/h1-4,18H,5-7H2,(H2,14,15,19). The molecule has 2 aromatic rings. The maximum atomic E-state index is 11.3. The Morgan fingerprint density at radius 3 is 2.75 bits per heavy atom. The van der Waals surface area contributed by atoms with Crippen LogP contribution < -0.4 is 10.6 Å². The number of hydrogen-bond donors (Lipinski definition) is 3. The number of benzene rings is 1. The van der Waals surface area contributed by atoms with E-state index in [0.29, 0.717) is 10.8 Å². The molecule has 2 rings (SSSR count). The molecule has 7 nitrogen and oxygen atoms in total. The van der Waals surface area contributed by atoms with Crippen molar-refractivity contribution < 1.29 is 14.4 Å². The number of aromatic nitrogens is 2. The number of amides is 2. The van der Waals surface area contributed by atoms with Gasteiger partial charge >= 0.3 is 6.03 Å². The number of nitrogens with one attached hydrogen (secondary N) is 2. The van der Waals surface area contributed by atoms with Crippen LogP contribution in [0.15, 0.2) is 28.8 Å². The predicted molar refractivity (Wildman–Crippen MR) is 72.1 cm³/mol. The molecule has 1 heterocycles. The SMILES string of the molecule is O=C(NCCO)NCc1nc(-c2ccc(Cl)cc2)no1. The summed E-state index contributed by atoms with van der Waals surface area (Å²) in [5.74, 6) is 0.711. The Balaban J connectivity index is 1.92. The third kappa shape index (κ3) is 3.94. The molecule has 0 aliphatic carbocycles. The van der Waals surface area contributed by atoms with Crippen LogP contribution in [0.3, 0.4) is 0 Å². The van der Waals surface area contributed by atoms with Crippen LogP contribution >= 0.6 is 11.6 Å². The molecule has 1 aromatic carbocycles. The smallest absolute Gasteiger partial charge is 0.315 e. The maximum absolute atomic E-state index is 11.3. The third-order valence-electron chi connectivity index (χ3n) is 2.37. The first-order valence-electron chi connectivity index (χ1n) is 5.90. The van der Waals surface area contributed by atoms with Gasteiger partial charge in [-0.15, -0.1) is 0 Å². The number of carbonyl (C=O) groups excluding carboxylic acids is 1. The van der Waals surface area contributed by atoms with E-state index in [-0.39, 0.29) is 25.6 Å². The van der Waals surface area contributed by atoms with Crippen molar-refractivity contribution in [3.63, 3.8) is 0 Å². The minimum atomic E-state index is -0.412. The van der Waals surface area contributed by atoms with E-state index in [9.17, 15) is 4.79 Å². The summed E-state index contributed by atoms with van der Waals surface area (Å²) in [6.45, 7) is 0.179. The fourth-order valence-electron chi connectivity index (χ4n) is 1.43. The van der Waals surface area contributed by atoms with Crippen LogP contribution in [0.1, 0.15) is 5.89 Å². The summed E-state index contributed by atoms with van der Waals surface area (Å²) < 4.78 is 5.02. The second kappa shape index (κ2) is 6.88. The number of nitrogens with zero attached hydrogens (tertiary/aromatic N) is 2. The van der Waals surface area contributed by atoms with Crippen molar-refractivity contribution in [1.82, 2.24) is 20.8 Å². The second-order valence-corrected chi connectivity index (χ2v) is 4.29. The van der Waals surface area contributed by atoms with Gasteiger partial charge in [0.2, 0.25) is 11.7 Å². The van der Waals surface area contributed by atoms with E-state index in [1.165, 1.54) is 0 Å². The fraction of sp³-hybridized carbons (Fsp3) is 0.250. The van der Waals surface area contributed by atoms with Gasteiger partial charge in [0.15, 0.2) is 0 Å². The van der Waals surface area contributed by atoms with Gasteiger partial charge in [-0.2, -0.15) is 4.98 Å². The molecule has 0 bridgehead atoms. The Kier molecular flexibility index (Phi) is 4.91. The minimum absolute atomic E-state index is 0.109. The van der Waals surface area contributed by atoms with Crippen LogP contribution in [0.2, 0.25) is 5.02 Å². The third-order valence-corrected chi connectivity index (χ3v) is 2.62. The average molecular weight is 297 g/mol. The van der Waals surface area contributed by atoms with Gasteiger partial charge in [0, 0.05) is 17.1 Å². The predicted octanol–water partition coefficient (Wildman–Crippen LogP) is 1.18. The van der Waals surface area contributed by atoms with Gasteiger partial charge in [-0.3, -0.25) is 0 Å². The Morgan fingerprint density at radius 2 is 2.05 bits per heavy atom. The molecule has 0 saturated heterocycles. The molecule has 0 aliphatic heterocycles. The molecule has 8 heteroatoms. The quantitative estimate of drug-likeness (QED) is 0.769. The molecule has 0 radical (unpaired) electrons. The average Bonchev–Trinajstić information content (AvgIpc) is 2.92. The number of aliphatic hydroxyl groups excluding tert-OH is 1. The topological polar surface area (TPSA) is 100 Å². The Bertz CT molecular complexity index is 570. The van der Waals surface area contributed by atoms with Crippen molar-refractivity contribution in [3.8, 4) is 11.4 Å². The summed E-state index contributed by atoms with van der Waals surface area (Å²) in [6, 6.07) is 6.60. The molecule has 0 fully saturated rings. The number of rotatable bonds is 5. The first kappa shape index (κ1) is 14.3. The lowest BCUT2D eigenvalue weighted by molar-refractivity contribution is 0.232. The van der Waals surface area contributed by atoms with Crippen LogP contribution in [0.5, 0.6) is 0 Å². The van der Waals surface area contributed by atoms with Gasteiger partial charge in [0.05, 0.1) is 13.2 Å². The Morgan fingerprint density at radius 1 is 1.30 bits per heavy atom. The summed E-state index contributed by atoms with van der Waals surface area (Å²) in [6.07, 6.45) is 0. The molecule has 0 aliphatic rings. The molecule has 3 N–H and O–H groups in total. The van der Waals surface area contributed by atoms with Gasteiger partial charge < -0.3 is 20.3 Å². The van der Waals surface area contributed by atoms with E-state index < -0.39 is 6.03 Å². The van der Waals surface area contributed by atoms with E-state index in [1.54, 1.807) is 24.3 Å². The zero-order valence-corrected chi connectivity index (χ0v) is 11.2. The molecule has 0 saturated carbocycles. The van der Waals surface area contributed by atoms with Crippen molar-refractivity contribution in [2.24, 2.45) is 0 Å². The first-order valence-corrected chi connectivity index (χ1v) is 6.28. The molecule has 2 amide bonds. The lowest BCUT2D eigenvalue weighted by Gasteiger charge is -2.02. The zero-order chi connectivity index (χ0) is 14.4. The molecule has 0 unspecified atom stereocenters. The van der Waals surface area contributed by atoms with Gasteiger partial charge in [-0.05, 0) is 24.3 Å². The number of urea groups is 1. The highest BCUT2D eigenvalue weighted by Gasteiger charge is 2.09. The Labute approximate surface area is 119 Å². The summed E-state index contributed by atoms with van der Waals surface area (Å²) in [4.78, 5) is 15.4. The molecule has 106 valence electrons. The van der Waals surface area contributed by atoms with E-state index in [0.717, 1.165) is 5.56 Å². The summed E-state index contributed by atoms with van der Waals surface area (Å²) >= 11 is 5.79. The fourth-order valence-corrected chi connectivity index (χ4v) is 1.56. The molecular weight excluding hydrogens is 284 g/mol. The molecule has 1 aromatic heterocycles. The Hall–Kier alpha value is -2.12. The summed E-state index contributed by atoms with van der Waals surface area (Å²) in [5.41, 5.74) is 0.772. The van der Waals surface area contributed by atoms with Crippen LogP contribution in [0, 0.1) is 0 Å². The van der Waals surface area contributed by atoms with E-state index in [4.69, 9.17) is 21.2 Å². The van der Waals surface area contributed by atoms with Gasteiger partial charge in [0.1, 0.15) is 0 Å². The van der Waals surface area contributed by atoms with Crippen molar-refractivity contribution in [1.29, 1.82) is 0 Å². The van der Waals surface area contributed by atoms with Gasteiger partial charge in [-0.25, -0.2) is 4.79 Å². The van der Waals surface area contributed by atoms with Crippen molar-refractivity contribution in [3.05, 3.63) is 35.2 Å². The van der Waals surface area contributed by atoms with E-state index >= 15 is 0 Å². The van der Waals surface area contributed by atoms with E-state index in [1.807, 2.05) is 0 Å². The largest absolute Gasteiger partial charge is 0.395 e. The van der Waals surface area contributed by atoms with Crippen LogP contribution in [0.4, 0.5) is 4.79 Å². The molecule has 20 heavy (non-hydrogen) atoms.